The number of likely N-dealkylation sites (N-methyl/N-ethyl adjacent to an activating group) is 1. The summed E-state index contributed by atoms with van der Waals surface area (Å²) in [5.74, 6) is -0.105. The monoisotopic (exact) mass is 301 g/mol. The van der Waals surface area contributed by atoms with Crippen molar-refractivity contribution in [3.8, 4) is 0 Å². The van der Waals surface area contributed by atoms with E-state index in [1.165, 1.54) is 6.08 Å². The Labute approximate surface area is 123 Å². The Hall–Kier alpha value is -1.03. The van der Waals surface area contributed by atoms with Gasteiger partial charge in [-0.15, -0.1) is 0 Å². The number of carbonyl (C=O) groups excluding carboxylic acids is 1. The highest BCUT2D eigenvalue weighted by Crippen LogP contribution is 2.21. The van der Waals surface area contributed by atoms with Gasteiger partial charge in [-0.3, -0.25) is 4.79 Å². The first-order valence-corrected chi connectivity index (χ1v) is 6.87. The topological polar surface area (TPSA) is 40.5 Å². The number of amides is 1. The van der Waals surface area contributed by atoms with E-state index in [2.05, 4.69) is 0 Å². The number of hydrogen-bond donors (Lipinski definition) is 1. The fourth-order valence-electron chi connectivity index (χ4n) is 1.59. The van der Waals surface area contributed by atoms with E-state index in [1.54, 1.807) is 29.2 Å². The van der Waals surface area contributed by atoms with Crippen LogP contribution in [0, 0.1) is 0 Å². The molecule has 0 heterocycles. The average Bonchev–Trinajstić information content (AvgIpc) is 2.40. The number of nitrogens with zero attached hydrogens (tertiary/aromatic N) is 1. The lowest BCUT2D eigenvalue weighted by molar-refractivity contribution is -0.125. The van der Waals surface area contributed by atoms with Crippen LogP contribution in [0.25, 0.3) is 6.08 Å². The van der Waals surface area contributed by atoms with Crippen molar-refractivity contribution in [3.05, 3.63) is 39.9 Å². The lowest BCUT2D eigenvalue weighted by atomic mass is 10.2. The molecule has 1 N–H and O–H groups in total. The Morgan fingerprint density at radius 2 is 2.16 bits per heavy atom. The molecule has 104 valence electrons. The van der Waals surface area contributed by atoms with Crippen LogP contribution in [0.5, 0.6) is 0 Å². The van der Waals surface area contributed by atoms with Crippen LogP contribution in [0.15, 0.2) is 24.3 Å². The van der Waals surface area contributed by atoms with Crippen LogP contribution in [0.1, 0.15) is 18.9 Å². The Kier molecular flexibility index (Phi) is 6.92. The Morgan fingerprint density at radius 3 is 2.79 bits per heavy atom. The van der Waals surface area contributed by atoms with Gasteiger partial charge in [0.15, 0.2) is 0 Å². The number of halogens is 2. The summed E-state index contributed by atoms with van der Waals surface area (Å²) in [5, 5.41) is 9.90. The Bertz CT molecular complexity index is 461. The normalized spacial score (nSPS) is 10.9. The van der Waals surface area contributed by atoms with E-state index in [9.17, 15) is 4.79 Å². The molecule has 0 atom stereocenters. The van der Waals surface area contributed by atoms with Crippen molar-refractivity contribution in [3.63, 3.8) is 0 Å². The van der Waals surface area contributed by atoms with Crippen molar-refractivity contribution in [1.29, 1.82) is 0 Å². The van der Waals surface area contributed by atoms with E-state index in [1.807, 2.05) is 6.92 Å². The van der Waals surface area contributed by atoms with Crippen LogP contribution < -0.4 is 0 Å². The lowest BCUT2D eigenvalue weighted by Crippen LogP contribution is -2.30. The van der Waals surface area contributed by atoms with Gasteiger partial charge >= 0.3 is 0 Å². The van der Waals surface area contributed by atoms with E-state index in [4.69, 9.17) is 28.3 Å². The summed E-state index contributed by atoms with van der Waals surface area (Å²) in [6, 6.07) is 5.09. The second kappa shape index (κ2) is 8.20. The van der Waals surface area contributed by atoms with Gasteiger partial charge < -0.3 is 10.0 Å². The highest BCUT2D eigenvalue weighted by Gasteiger charge is 2.07. The fourth-order valence-corrected chi connectivity index (χ4v) is 1.96. The van der Waals surface area contributed by atoms with Crippen LogP contribution in [-0.2, 0) is 4.79 Å². The predicted octanol–water partition coefficient (Wildman–Crippen LogP) is 3.24. The SMILES string of the molecule is CCN(CCCO)C(=O)/C=C/c1cc(Cl)ccc1Cl. The molecule has 0 radical (unpaired) electrons. The third kappa shape index (κ3) is 5.23. The summed E-state index contributed by atoms with van der Waals surface area (Å²) in [7, 11) is 0. The molecule has 0 saturated carbocycles. The third-order valence-electron chi connectivity index (χ3n) is 2.64. The van der Waals surface area contributed by atoms with E-state index in [0.717, 1.165) is 0 Å². The number of benzene rings is 1. The molecule has 0 bridgehead atoms. The number of carbonyl (C=O) groups is 1. The van der Waals surface area contributed by atoms with Crippen LogP contribution in [0.3, 0.4) is 0 Å². The van der Waals surface area contributed by atoms with E-state index in [0.29, 0.717) is 35.1 Å². The van der Waals surface area contributed by atoms with E-state index in [-0.39, 0.29) is 12.5 Å². The maximum absolute atomic E-state index is 11.9. The molecule has 1 amide bonds. The quantitative estimate of drug-likeness (QED) is 0.820. The van der Waals surface area contributed by atoms with Crippen LogP contribution in [0.2, 0.25) is 10.0 Å². The van der Waals surface area contributed by atoms with Crippen molar-refractivity contribution in [1.82, 2.24) is 4.90 Å². The van der Waals surface area contributed by atoms with E-state index >= 15 is 0 Å². The molecule has 0 aliphatic rings. The second-order valence-electron chi connectivity index (χ2n) is 3.99. The summed E-state index contributed by atoms with van der Waals surface area (Å²) in [5.41, 5.74) is 0.709. The predicted molar refractivity (Wildman–Crippen MR) is 79.5 cm³/mol. The van der Waals surface area contributed by atoms with Gasteiger partial charge in [-0.1, -0.05) is 23.2 Å². The minimum absolute atomic E-state index is 0.0770. The van der Waals surface area contributed by atoms with Crippen molar-refractivity contribution in [2.45, 2.75) is 13.3 Å². The molecule has 1 rings (SSSR count). The molecule has 1 aromatic rings. The molecular weight excluding hydrogens is 285 g/mol. The van der Waals surface area contributed by atoms with Gasteiger partial charge in [-0.2, -0.15) is 0 Å². The number of hydrogen-bond acceptors (Lipinski definition) is 2. The Balaban J connectivity index is 2.73. The highest BCUT2D eigenvalue weighted by atomic mass is 35.5. The second-order valence-corrected chi connectivity index (χ2v) is 4.84. The molecule has 19 heavy (non-hydrogen) atoms. The zero-order valence-corrected chi connectivity index (χ0v) is 12.3. The summed E-state index contributed by atoms with van der Waals surface area (Å²) < 4.78 is 0. The molecule has 1 aromatic carbocycles. The first kappa shape index (κ1) is 16.0. The van der Waals surface area contributed by atoms with Crippen LogP contribution in [-0.4, -0.2) is 35.6 Å². The van der Waals surface area contributed by atoms with E-state index < -0.39 is 0 Å². The molecule has 0 unspecified atom stereocenters. The van der Waals surface area contributed by atoms with Crippen LogP contribution in [0.4, 0.5) is 0 Å². The van der Waals surface area contributed by atoms with Gasteiger partial charge in [0.1, 0.15) is 0 Å². The standard InChI is InChI=1S/C14H17Cl2NO2/c1-2-17(8-3-9-18)14(19)7-4-11-10-12(15)5-6-13(11)16/h4-7,10,18H,2-3,8-9H2,1H3/b7-4+. The van der Waals surface area contributed by atoms with Crippen molar-refractivity contribution < 1.29 is 9.90 Å². The molecule has 5 heteroatoms. The molecule has 0 saturated heterocycles. The summed E-state index contributed by atoms with van der Waals surface area (Å²) in [4.78, 5) is 13.6. The molecule has 0 aromatic heterocycles. The Morgan fingerprint density at radius 1 is 1.42 bits per heavy atom. The highest BCUT2D eigenvalue weighted by molar-refractivity contribution is 6.34. The first-order chi connectivity index (χ1) is 9.08. The van der Waals surface area contributed by atoms with Gasteiger partial charge in [-0.05, 0) is 43.2 Å². The zero-order valence-electron chi connectivity index (χ0n) is 10.8. The third-order valence-corrected chi connectivity index (χ3v) is 3.22. The van der Waals surface area contributed by atoms with Crippen LogP contribution >= 0.6 is 23.2 Å². The number of rotatable bonds is 6. The maximum atomic E-state index is 11.9. The summed E-state index contributed by atoms with van der Waals surface area (Å²) >= 11 is 11.9. The summed E-state index contributed by atoms with van der Waals surface area (Å²) in [6.45, 7) is 3.12. The molecule has 0 aliphatic heterocycles. The van der Waals surface area contributed by atoms with Gasteiger partial charge in [0, 0.05) is 35.8 Å². The smallest absolute Gasteiger partial charge is 0.246 e. The maximum Gasteiger partial charge on any atom is 0.246 e. The molecular formula is C14H17Cl2NO2. The lowest BCUT2D eigenvalue weighted by Gasteiger charge is -2.18. The summed E-state index contributed by atoms with van der Waals surface area (Å²) in [6.07, 6.45) is 3.70. The first-order valence-electron chi connectivity index (χ1n) is 6.11. The zero-order chi connectivity index (χ0) is 14.3. The number of aliphatic hydroxyl groups is 1. The molecule has 3 nitrogen and oxygen atoms in total. The largest absolute Gasteiger partial charge is 0.396 e. The van der Waals surface area contributed by atoms with Gasteiger partial charge in [0.25, 0.3) is 0 Å². The fraction of sp³-hybridized carbons (Fsp3) is 0.357. The van der Waals surface area contributed by atoms with Crippen molar-refractivity contribution in [2.24, 2.45) is 0 Å². The minimum atomic E-state index is -0.105. The number of aliphatic hydroxyl groups excluding tert-OH is 1. The van der Waals surface area contributed by atoms with Gasteiger partial charge in [0.2, 0.25) is 5.91 Å². The average molecular weight is 302 g/mol. The van der Waals surface area contributed by atoms with Crippen molar-refractivity contribution in [2.75, 3.05) is 19.7 Å². The molecule has 0 spiro atoms. The molecule has 0 aliphatic carbocycles. The van der Waals surface area contributed by atoms with Crippen molar-refractivity contribution >= 4 is 35.2 Å². The molecule has 0 fully saturated rings. The van der Waals surface area contributed by atoms with Gasteiger partial charge in [0.05, 0.1) is 0 Å². The van der Waals surface area contributed by atoms with Gasteiger partial charge in [-0.25, -0.2) is 0 Å². The minimum Gasteiger partial charge on any atom is -0.396 e.